The topological polar surface area (TPSA) is 87.5 Å². The fourth-order valence-electron chi connectivity index (χ4n) is 4.32. The van der Waals surface area contributed by atoms with Crippen molar-refractivity contribution in [1.29, 1.82) is 0 Å². The van der Waals surface area contributed by atoms with E-state index < -0.39 is 0 Å². The Bertz CT molecular complexity index is 1200. The number of rotatable bonds is 7. The Kier molecular flexibility index (Phi) is 6.19. The summed E-state index contributed by atoms with van der Waals surface area (Å²) >= 11 is 0. The minimum Gasteiger partial charge on any atom is -0.486 e. The number of carbonyl (C=O) groups excluding carboxylic acids is 1. The number of hydrogen-bond acceptors (Lipinski definition) is 6. The Balaban J connectivity index is 1.42. The number of fused-ring (bicyclic) bond motifs is 2. The molecule has 0 fully saturated rings. The van der Waals surface area contributed by atoms with E-state index in [1.807, 2.05) is 39.1 Å². The molecule has 33 heavy (non-hydrogen) atoms. The second kappa shape index (κ2) is 8.92. The fourth-order valence-corrected chi connectivity index (χ4v) is 4.32. The summed E-state index contributed by atoms with van der Waals surface area (Å²) in [6.07, 6.45) is 0.990. The molecule has 0 saturated heterocycles. The van der Waals surface area contributed by atoms with Gasteiger partial charge in [0.05, 0.1) is 12.5 Å². The largest absolute Gasteiger partial charge is 0.486 e. The number of amides is 1. The molecule has 0 saturated carbocycles. The standard InChI is InChI=1S/C25H32N4O4/c1-15-18(16(2)27-23-22(15)24(31-6)28-29(23)5)8-10-21(30)26-14-25(3,4)17-7-9-19-20(13-17)33-12-11-32-19/h7,9,13H,8,10-12,14H2,1-6H3,(H,26,30). The van der Waals surface area contributed by atoms with Crippen LogP contribution < -0.4 is 19.5 Å². The molecule has 1 aliphatic rings. The summed E-state index contributed by atoms with van der Waals surface area (Å²) in [7, 11) is 3.46. The highest BCUT2D eigenvalue weighted by Crippen LogP contribution is 2.35. The number of methoxy groups -OCH3 is 1. The highest BCUT2D eigenvalue weighted by Gasteiger charge is 2.24. The summed E-state index contributed by atoms with van der Waals surface area (Å²) < 4.78 is 18.5. The van der Waals surface area contributed by atoms with Crippen molar-refractivity contribution in [2.75, 3.05) is 26.9 Å². The summed E-state index contributed by atoms with van der Waals surface area (Å²) in [5, 5.41) is 8.40. The van der Waals surface area contributed by atoms with Crippen molar-refractivity contribution in [3.05, 3.63) is 40.6 Å². The van der Waals surface area contributed by atoms with Crippen molar-refractivity contribution in [3.63, 3.8) is 0 Å². The molecule has 0 aliphatic carbocycles. The van der Waals surface area contributed by atoms with Crippen LogP contribution in [0.25, 0.3) is 11.0 Å². The van der Waals surface area contributed by atoms with Crippen LogP contribution in [0.2, 0.25) is 0 Å². The maximum absolute atomic E-state index is 12.7. The highest BCUT2D eigenvalue weighted by atomic mass is 16.6. The van der Waals surface area contributed by atoms with Gasteiger partial charge in [0.2, 0.25) is 11.8 Å². The number of nitrogens with zero attached hydrogens (tertiary/aromatic N) is 3. The normalized spacial score (nSPS) is 13.3. The fraction of sp³-hybridized carbons (Fsp3) is 0.480. The Hall–Kier alpha value is -3.29. The van der Waals surface area contributed by atoms with E-state index in [1.54, 1.807) is 11.8 Å². The highest BCUT2D eigenvalue weighted by molar-refractivity contribution is 5.86. The molecule has 0 unspecified atom stereocenters. The number of carbonyl (C=O) groups is 1. The third-order valence-corrected chi connectivity index (χ3v) is 6.37. The number of aryl methyl sites for hydroxylation is 3. The van der Waals surface area contributed by atoms with Gasteiger partial charge in [0.25, 0.3) is 0 Å². The third kappa shape index (κ3) is 4.47. The first-order chi connectivity index (χ1) is 15.7. The Labute approximate surface area is 194 Å². The average molecular weight is 453 g/mol. The second-order valence-corrected chi connectivity index (χ2v) is 9.15. The number of pyridine rings is 1. The SMILES string of the molecule is COc1nn(C)c2nc(C)c(CCC(=O)NCC(C)(C)c3ccc4c(c3)OCCO4)c(C)c12. The lowest BCUT2D eigenvalue weighted by Crippen LogP contribution is -2.37. The van der Waals surface area contributed by atoms with E-state index in [0.717, 1.165) is 44.9 Å². The van der Waals surface area contributed by atoms with Crippen LogP contribution in [0.5, 0.6) is 17.4 Å². The van der Waals surface area contributed by atoms with Gasteiger partial charge in [-0.05, 0) is 49.1 Å². The van der Waals surface area contributed by atoms with E-state index in [0.29, 0.717) is 38.5 Å². The number of hydrogen-bond donors (Lipinski definition) is 1. The quantitative estimate of drug-likeness (QED) is 0.591. The Morgan fingerprint density at radius 3 is 2.67 bits per heavy atom. The van der Waals surface area contributed by atoms with Gasteiger partial charge in [0.1, 0.15) is 13.2 Å². The third-order valence-electron chi connectivity index (χ3n) is 6.37. The monoisotopic (exact) mass is 452 g/mol. The first-order valence-corrected chi connectivity index (χ1v) is 11.2. The van der Waals surface area contributed by atoms with E-state index in [9.17, 15) is 4.79 Å². The molecule has 3 heterocycles. The zero-order chi connectivity index (χ0) is 23.8. The average Bonchev–Trinajstić information content (AvgIpc) is 3.12. The van der Waals surface area contributed by atoms with Gasteiger partial charge in [0.15, 0.2) is 17.1 Å². The molecule has 3 aromatic rings. The molecule has 2 aromatic heterocycles. The predicted octanol–water partition coefficient (Wildman–Crippen LogP) is 3.39. The lowest BCUT2D eigenvalue weighted by Gasteiger charge is -2.28. The summed E-state index contributed by atoms with van der Waals surface area (Å²) in [6.45, 7) is 9.89. The van der Waals surface area contributed by atoms with Crippen molar-refractivity contribution < 1.29 is 19.0 Å². The molecule has 8 heteroatoms. The van der Waals surface area contributed by atoms with Crippen LogP contribution in [0.4, 0.5) is 0 Å². The second-order valence-electron chi connectivity index (χ2n) is 9.15. The number of nitrogens with one attached hydrogen (secondary N) is 1. The van der Waals surface area contributed by atoms with Gasteiger partial charge in [-0.1, -0.05) is 19.9 Å². The minimum absolute atomic E-state index is 0.0117. The van der Waals surface area contributed by atoms with Crippen LogP contribution >= 0.6 is 0 Å². The first kappa shape index (κ1) is 22.9. The van der Waals surface area contributed by atoms with Gasteiger partial charge in [-0.15, -0.1) is 5.10 Å². The number of ether oxygens (including phenoxy) is 3. The summed E-state index contributed by atoms with van der Waals surface area (Å²) in [6, 6.07) is 5.99. The predicted molar refractivity (Wildman–Crippen MR) is 126 cm³/mol. The van der Waals surface area contributed by atoms with Crippen molar-refractivity contribution in [2.24, 2.45) is 7.05 Å². The molecule has 176 valence electrons. The van der Waals surface area contributed by atoms with E-state index in [4.69, 9.17) is 19.2 Å². The molecule has 1 N–H and O–H groups in total. The van der Waals surface area contributed by atoms with Crippen LogP contribution in [0.3, 0.4) is 0 Å². The molecule has 0 spiro atoms. The smallest absolute Gasteiger partial charge is 0.242 e. The Morgan fingerprint density at radius 1 is 1.21 bits per heavy atom. The molecule has 1 aromatic carbocycles. The number of benzene rings is 1. The molecule has 0 radical (unpaired) electrons. The lowest BCUT2D eigenvalue weighted by atomic mass is 9.84. The summed E-state index contributed by atoms with van der Waals surface area (Å²) in [4.78, 5) is 17.4. The zero-order valence-electron chi connectivity index (χ0n) is 20.2. The minimum atomic E-state index is -0.249. The van der Waals surface area contributed by atoms with Gasteiger partial charge in [-0.3, -0.25) is 4.79 Å². The van der Waals surface area contributed by atoms with Crippen molar-refractivity contribution in [1.82, 2.24) is 20.1 Å². The summed E-state index contributed by atoms with van der Waals surface area (Å²) in [5.41, 5.74) is 4.67. The van der Waals surface area contributed by atoms with Gasteiger partial charge < -0.3 is 19.5 Å². The van der Waals surface area contributed by atoms with Crippen LogP contribution in [0.15, 0.2) is 18.2 Å². The molecule has 1 aliphatic heterocycles. The molecule has 0 atom stereocenters. The molecule has 1 amide bonds. The maximum Gasteiger partial charge on any atom is 0.242 e. The Morgan fingerprint density at radius 2 is 1.94 bits per heavy atom. The molecular weight excluding hydrogens is 420 g/mol. The van der Waals surface area contributed by atoms with Crippen molar-refractivity contribution in [2.45, 2.75) is 46.0 Å². The van der Waals surface area contributed by atoms with Gasteiger partial charge in [-0.2, -0.15) is 0 Å². The van der Waals surface area contributed by atoms with Crippen molar-refractivity contribution in [3.8, 4) is 17.4 Å². The molecular formula is C25H32N4O4. The van der Waals surface area contributed by atoms with E-state index in [2.05, 4.69) is 24.3 Å². The van der Waals surface area contributed by atoms with Gasteiger partial charge >= 0.3 is 0 Å². The molecule has 4 rings (SSSR count). The first-order valence-electron chi connectivity index (χ1n) is 11.2. The van der Waals surface area contributed by atoms with Gasteiger partial charge in [0, 0.05) is 31.1 Å². The van der Waals surface area contributed by atoms with E-state index >= 15 is 0 Å². The zero-order valence-corrected chi connectivity index (χ0v) is 20.2. The van der Waals surface area contributed by atoms with Crippen LogP contribution in [0.1, 0.15) is 42.7 Å². The van der Waals surface area contributed by atoms with Crippen LogP contribution in [-0.4, -0.2) is 47.5 Å². The van der Waals surface area contributed by atoms with E-state index in [-0.39, 0.29) is 11.3 Å². The summed E-state index contributed by atoms with van der Waals surface area (Å²) in [5.74, 6) is 2.10. The number of aromatic nitrogens is 3. The maximum atomic E-state index is 12.7. The van der Waals surface area contributed by atoms with Crippen LogP contribution in [-0.2, 0) is 23.7 Å². The molecule has 8 nitrogen and oxygen atoms in total. The van der Waals surface area contributed by atoms with Gasteiger partial charge in [-0.25, -0.2) is 9.67 Å². The van der Waals surface area contributed by atoms with E-state index in [1.165, 1.54) is 0 Å². The van der Waals surface area contributed by atoms with Crippen molar-refractivity contribution >= 4 is 16.9 Å². The van der Waals surface area contributed by atoms with Crippen LogP contribution in [0, 0.1) is 13.8 Å². The lowest BCUT2D eigenvalue weighted by molar-refractivity contribution is -0.121. The molecule has 0 bridgehead atoms.